The minimum atomic E-state index is -1.51. The number of ether oxygens (including phenoxy) is 2. The highest BCUT2D eigenvalue weighted by Crippen LogP contribution is 2.44. The standard InChI is InChI=1S/C32H52F2O2/c1-2-5-24-8-10-25(11-9-24)6-3-4-7-32-35-22-30(23-36-32)29-19-17-28(18-20-29)27-15-12-26(13-16-27)14-21-31(33)34/h2,5,21,24-30,32H,3-4,6-20,22-23H2,1H3. The Labute approximate surface area is 219 Å². The van der Waals surface area contributed by atoms with E-state index in [1.165, 1.54) is 83.5 Å². The fourth-order valence-corrected chi connectivity index (χ4v) is 7.92. The lowest BCUT2D eigenvalue weighted by molar-refractivity contribution is -0.213. The Morgan fingerprint density at radius 1 is 0.667 bits per heavy atom. The van der Waals surface area contributed by atoms with Gasteiger partial charge in [-0.1, -0.05) is 25.0 Å². The molecule has 0 aromatic heterocycles. The molecule has 36 heavy (non-hydrogen) atoms. The van der Waals surface area contributed by atoms with Crippen molar-refractivity contribution >= 4 is 0 Å². The van der Waals surface area contributed by atoms with Crippen molar-refractivity contribution in [2.75, 3.05) is 13.2 Å². The zero-order valence-electron chi connectivity index (χ0n) is 22.9. The van der Waals surface area contributed by atoms with E-state index in [9.17, 15) is 8.78 Å². The molecule has 0 aromatic carbocycles. The minimum Gasteiger partial charge on any atom is -0.352 e. The van der Waals surface area contributed by atoms with Crippen molar-refractivity contribution in [3.63, 3.8) is 0 Å². The first kappa shape index (κ1) is 28.3. The van der Waals surface area contributed by atoms with E-state index >= 15 is 0 Å². The summed E-state index contributed by atoms with van der Waals surface area (Å²) in [5.74, 6) is 5.27. The zero-order chi connectivity index (χ0) is 25.2. The van der Waals surface area contributed by atoms with E-state index < -0.39 is 6.08 Å². The molecular formula is C32H52F2O2. The van der Waals surface area contributed by atoms with Gasteiger partial charge in [-0.3, -0.25) is 0 Å². The largest absolute Gasteiger partial charge is 0.352 e. The van der Waals surface area contributed by atoms with Gasteiger partial charge in [0.15, 0.2) is 6.29 Å². The maximum absolute atomic E-state index is 12.4. The predicted molar refractivity (Wildman–Crippen MR) is 144 cm³/mol. The van der Waals surface area contributed by atoms with Gasteiger partial charge in [0.25, 0.3) is 6.08 Å². The third-order valence-corrected chi connectivity index (χ3v) is 10.3. The molecule has 0 bridgehead atoms. The Morgan fingerprint density at radius 3 is 1.78 bits per heavy atom. The van der Waals surface area contributed by atoms with E-state index in [1.807, 2.05) is 0 Å². The molecule has 2 nitrogen and oxygen atoms in total. The molecule has 0 radical (unpaired) electrons. The van der Waals surface area contributed by atoms with E-state index in [-0.39, 0.29) is 6.29 Å². The van der Waals surface area contributed by atoms with E-state index in [0.29, 0.717) is 18.3 Å². The van der Waals surface area contributed by atoms with Crippen LogP contribution in [0.2, 0.25) is 0 Å². The molecule has 1 heterocycles. The van der Waals surface area contributed by atoms with Gasteiger partial charge in [0.1, 0.15) is 0 Å². The minimum absolute atomic E-state index is 0.0268. The van der Waals surface area contributed by atoms with E-state index in [0.717, 1.165) is 68.1 Å². The maximum atomic E-state index is 12.4. The summed E-state index contributed by atoms with van der Waals surface area (Å²) < 4.78 is 37.1. The monoisotopic (exact) mass is 506 g/mol. The van der Waals surface area contributed by atoms with Gasteiger partial charge in [-0.05, 0) is 145 Å². The maximum Gasteiger partial charge on any atom is 0.266 e. The number of hydrogen-bond acceptors (Lipinski definition) is 2. The lowest BCUT2D eigenvalue weighted by Gasteiger charge is -2.41. The predicted octanol–water partition coefficient (Wildman–Crippen LogP) is 9.70. The fourth-order valence-electron chi connectivity index (χ4n) is 7.92. The normalized spacial score (nSPS) is 38.2. The summed E-state index contributed by atoms with van der Waals surface area (Å²) in [7, 11) is 0. The van der Waals surface area contributed by atoms with Crippen LogP contribution in [0.3, 0.4) is 0 Å². The topological polar surface area (TPSA) is 18.5 Å². The van der Waals surface area contributed by atoms with Crippen molar-refractivity contribution in [1.29, 1.82) is 0 Å². The number of rotatable bonds is 10. The van der Waals surface area contributed by atoms with Crippen LogP contribution < -0.4 is 0 Å². The average Bonchev–Trinajstić information content (AvgIpc) is 2.92. The van der Waals surface area contributed by atoms with Crippen LogP contribution in [0.1, 0.15) is 116 Å². The van der Waals surface area contributed by atoms with E-state index in [1.54, 1.807) is 0 Å². The summed E-state index contributed by atoms with van der Waals surface area (Å²) in [5.41, 5.74) is 0. The molecule has 3 saturated carbocycles. The summed E-state index contributed by atoms with van der Waals surface area (Å²) in [5, 5.41) is 0. The first-order valence-corrected chi connectivity index (χ1v) is 15.5. The molecule has 0 amide bonds. The molecule has 4 heteroatoms. The van der Waals surface area contributed by atoms with E-state index in [4.69, 9.17) is 9.47 Å². The average molecular weight is 507 g/mol. The van der Waals surface area contributed by atoms with Gasteiger partial charge < -0.3 is 9.47 Å². The van der Waals surface area contributed by atoms with Crippen molar-refractivity contribution in [3.05, 3.63) is 24.3 Å². The second kappa shape index (κ2) is 15.0. The molecular weight excluding hydrogens is 454 g/mol. The van der Waals surface area contributed by atoms with E-state index in [2.05, 4.69) is 19.1 Å². The molecule has 4 fully saturated rings. The van der Waals surface area contributed by atoms with Gasteiger partial charge in [-0.25, -0.2) is 0 Å². The molecule has 0 unspecified atom stereocenters. The van der Waals surface area contributed by atoms with Crippen LogP contribution in [0.15, 0.2) is 24.3 Å². The Morgan fingerprint density at radius 2 is 1.19 bits per heavy atom. The highest BCUT2D eigenvalue weighted by atomic mass is 19.3. The Bertz CT molecular complexity index is 656. The molecule has 0 N–H and O–H groups in total. The van der Waals surface area contributed by atoms with Gasteiger partial charge in [0.2, 0.25) is 0 Å². The van der Waals surface area contributed by atoms with Crippen molar-refractivity contribution in [2.24, 2.45) is 41.4 Å². The molecule has 206 valence electrons. The first-order chi connectivity index (χ1) is 17.6. The van der Waals surface area contributed by atoms with Crippen molar-refractivity contribution in [2.45, 2.75) is 122 Å². The summed E-state index contributed by atoms with van der Waals surface area (Å²) in [4.78, 5) is 0. The number of hydrogen-bond donors (Lipinski definition) is 0. The fraction of sp³-hybridized carbons (Fsp3) is 0.875. The van der Waals surface area contributed by atoms with Crippen LogP contribution in [0.4, 0.5) is 8.78 Å². The second-order valence-corrected chi connectivity index (χ2v) is 12.6. The smallest absolute Gasteiger partial charge is 0.266 e. The van der Waals surface area contributed by atoms with Gasteiger partial charge in [0.05, 0.1) is 13.2 Å². The third kappa shape index (κ3) is 8.93. The molecule has 3 aliphatic carbocycles. The number of unbranched alkanes of at least 4 members (excludes halogenated alkanes) is 1. The lowest BCUT2D eigenvalue weighted by Crippen LogP contribution is -2.38. The second-order valence-electron chi connectivity index (χ2n) is 12.6. The van der Waals surface area contributed by atoms with Crippen molar-refractivity contribution < 1.29 is 18.3 Å². The Hall–Kier alpha value is -0.740. The van der Waals surface area contributed by atoms with Crippen LogP contribution in [-0.4, -0.2) is 19.5 Å². The van der Waals surface area contributed by atoms with Crippen LogP contribution >= 0.6 is 0 Å². The van der Waals surface area contributed by atoms with Gasteiger partial charge in [-0.15, -0.1) is 0 Å². The molecule has 1 aliphatic heterocycles. The summed E-state index contributed by atoms with van der Waals surface area (Å²) in [6.45, 7) is 3.92. The molecule has 4 aliphatic rings. The Kier molecular flexibility index (Phi) is 11.8. The highest BCUT2D eigenvalue weighted by molar-refractivity contribution is 4.89. The van der Waals surface area contributed by atoms with Crippen molar-refractivity contribution in [1.82, 2.24) is 0 Å². The first-order valence-electron chi connectivity index (χ1n) is 15.5. The molecule has 0 aromatic rings. The molecule has 0 atom stereocenters. The quantitative estimate of drug-likeness (QED) is 0.217. The van der Waals surface area contributed by atoms with Gasteiger partial charge >= 0.3 is 0 Å². The highest BCUT2D eigenvalue weighted by Gasteiger charge is 2.35. The van der Waals surface area contributed by atoms with Gasteiger partial charge in [-0.2, -0.15) is 8.78 Å². The number of allylic oxidation sites excluding steroid dienone is 3. The summed E-state index contributed by atoms with van der Waals surface area (Å²) >= 11 is 0. The molecule has 4 rings (SSSR count). The van der Waals surface area contributed by atoms with Crippen molar-refractivity contribution in [3.8, 4) is 0 Å². The lowest BCUT2D eigenvalue weighted by atomic mass is 9.67. The zero-order valence-corrected chi connectivity index (χ0v) is 22.9. The van der Waals surface area contributed by atoms with Gasteiger partial charge in [0, 0.05) is 5.92 Å². The Balaban J connectivity index is 1.04. The summed E-state index contributed by atoms with van der Waals surface area (Å²) in [6.07, 6.45) is 25.5. The third-order valence-electron chi connectivity index (χ3n) is 10.3. The van der Waals surface area contributed by atoms with Crippen LogP contribution in [0, 0.1) is 41.4 Å². The number of halogens is 2. The SMILES string of the molecule is CC=CC1CCC(CCCCC2OCC(C3CCC(C4CCC(CC=C(F)F)CC4)CC3)CO2)CC1. The molecule has 1 saturated heterocycles. The van der Waals surface area contributed by atoms with Crippen LogP contribution in [-0.2, 0) is 9.47 Å². The van der Waals surface area contributed by atoms with Crippen LogP contribution in [0.5, 0.6) is 0 Å². The molecule has 0 spiro atoms. The summed E-state index contributed by atoms with van der Waals surface area (Å²) in [6, 6.07) is 0. The van der Waals surface area contributed by atoms with Crippen LogP contribution in [0.25, 0.3) is 0 Å².